The van der Waals surface area contributed by atoms with E-state index in [0.717, 1.165) is 25.0 Å². The van der Waals surface area contributed by atoms with Crippen LogP contribution >= 0.6 is 0 Å². The van der Waals surface area contributed by atoms with Crippen LogP contribution in [0.1, 0.15) is 45.4 Å². The number of likely N-dealkylation sites (tertiary alicyclic amines) is 1. The first-order chi connectivity index (χ1) is 12.4. The zero-order chi connectivity index (χ0) is 18.8. The number of carbonyl (C=O) groups is 1. The van der Waals surface area contributed by atoms with Crippen LogP contribution in [0.2, 0.25) is 0 Å². The molecule has 1 aliphatic carbocycles. The van der Waals surface area contributed by atoms with Gasteiger partial charge in [-0.3, -0.25) is 4.79 Å². The van der Waals surface area contributed by atoms with Crippen LogP contribution < -0.4 is 0 Å². The number of hydrogen-bond donors (Lipinski definition) is 0. The first kappa shape index (κ1) is 19.3. The van der Waals surface area contributed by atoms with Crippen molar-refractivity contribution in [1.82, 2.24) is 4.90 Å². The van der Waals surface area contributed by atoms with Gasteiger partial charge in [-0.2, -0.15) is 0 Å². The fraction of sp³-hybridized carbons (Fsp3) is 0.632. The van der Waals surface area contributed by atoms with Crippen LogP contribution in [0.4, 0.5) is 4.39 Å². The molecule has 1 saturated carbocycles. The van der Waals surface area contributed by atoms with E-state index in [4.69, 9.17) is 4.74 Å². The first-order valence-corrected chi connectivity index (χ1v) is 10.8. The summed E-state index contributed by atoms with van der Waals surface area (Å²) in [7, 11) is -3.79. The number of rotatable bonds is 6. The maximum absolute atomic E-state index is 13.4. The lowest BCUT2D eigenvalue weighted by molar-refractivity contribution is -0.144. The minimum absolute atomic E-state index is 0.0697. The Morgan fingerprint density at radius 1 is 1.23 bits per heavy atom. The minimum Gasteiger partial charge on any atom is -0.466 e. The molecule has 0 aromatic heterocycles. The minimum atomic E-state index is -3.79. The highest BCUT2D eigenvalue weighted by Gasteiger charge is 2.49. The van der Waals surface area contributed by atoms with Crippen LogP contribution in [-0.2, 0) is 19.4 Å². The van der Waals surface area contributed by atoms with E-state index < -0.39 is 26.4 Å². The summed E-state index contributed by atoms with van der Waals surface area (Å²) < 4.78 is 43.8. The molecular formula is C19H26FNO4S. The number of piperidine rings is 1. The van der Waals surface area contributed by atoms with Crippen molar-refractivity contribution in [2.45, 2.75) is 61.1 Å². The summed E-state index contributed by atoms with van der Waals surface area (Å²) in [5, 5.41) is 0. The van der Waals surface area contributed by atoms with Crippen molar-refractivity contribution in [3.8, 4) is 0 Å². The predicted octanol–water partition coefficient (Wildman–Crippen LogP) is 2.94. The zero-order valence-corrected chi connectivity index (χ0v) is 15.9. The summed E-state index contributed by atoms with van der Waals surface area (Å²) in [6, 6.07) is 5.42. The first-order valence-electron chi connectivity index (χ1n) is 9.28. The number of benzene rings is 1. The Bertz CT molecular complexity index is 735. The normalized spacial score (nSPS) is 21.2. The summed E-state index contributed by atoms with van der Waals surface area (Å²) in [6.07, 6.45) is 4.18. The Morgan fingerprint density at radius 2 is 1.85 bits per heavy atom. The van der Waals surface area contributed by atoms with Crippen LogP contribution in [0.15, 0.2) is 29.2 Å². The van der Waals surface area contributed by atoms with Crippen LogP contribution in [0.5, 0.6) is 0 Å². The molecule has 3 rings (SSSR count). The van der Waals surface area contributed by atoms with Gasteiger partial charge in [0, 0.05) is 6.04 Å². The molecule has 1 aromatic rings. The van der Waals surface area contributed by atoms with E-state index in [2.05, 4.69) is 4.90 Å². The Hall–Kier alpha value is -1.47. The summed E-state index contributed by atoms with van der Waals surface area (Å²) >= 11 is 0. The quantitative estimate of drug-likeness (QED) is 0.558. The summed E-state index contributed by atoms with van der Waals surface area (Å²) in [4.78, 5) is 14.6. The van der Waals surface area contributed by atoms with Gasteiger partial charge >= 0.3 is 5.97 Å². The monoisotopic (exact) mass is 383 g/mol. The summed E-state index contributed by atoms with van der Waals surface area (Å²) in [5.74, 6) is -0.974. The Morgan fingerprint density at radius 3 is 2.35 bits per heavy atom. The zero-order valence-electron chi connectivity index (χ0n) is 15.1. The molecule has 2 aliphatic rings. The summed E-state index contributed by atoms with van der Waals surface area (Å²) in [6.45, 7) is 3.24. The van der Waals surface area contributed by atoms with Crippen molar-refractivity contribution >= 4 is 15.8 Å². The highest BCUT2D eigenvalue weighted by atomic mass is 32.2. The molecule has 144 valence electrons. The van der Waals surface area contributed by atoms with Crippen LogP contribution in [0.25, 0.3) is 0 Å². The van der Waals surface area contributed by atoms with E-state index in [-0.39, 0.29) is 17.9 Å². The SMILES string of the molecule is CCOC(=O)CC1(S(=O)(=O)c2ccc(F)cc2)CCN(C2CCC2)CC1. The largest absolute Gasteiger partial charge is 0.466 e. The van der Waals surface area contributed by atoms with Gasteiger partial charge in [-0.25, -0.2) is 12.8 Å². The van der Waals surface area contributed by atoms with Gasteiger partial charge < -0.3 is 9.64 Å². The van der Waals surface area contributed by atoms with E-state index in [1.54, 1.807) is 6.92 Å². The molecule has 1 heterocycles. The van der Waals surface area contributed by atoms with Crippen LogP contribution in [0.3, 0.4) is 0 Å². The van der Waals surface area contributed by atoms with E-state index in [9.17, 15) is 17.6 Å². The standard InChI is InChI=1S/C19H26FNO4S/c1-2-25-18(22)14-19(10-12-21(13-11-19)16-4-3-5-16)26(23,24)17-8-6-15(20)7-9-17/h6-9,16H,2-5,10-14H2,1H3. The van der Waals surface area contributed by atoms with Gasteiger partial charge in [0.1, 0.15) is 5.82 Å². The molecule has 1 saturated heterocycles. The van der Waals surface area contributed by atoms with E-state index in [1.807, 2.05) is 0 Å². The molecule has 5 nitrogen and oxygen atoms in total. The third-order valence-corrected chi connectivity index (χ3v) is 8.35. The average molecular weight is 383 g/mol. The molecule has 0 atom stereocenters. The maximum atomic E-state index is 13.4. The van der Waals surface area contributed by atoms with E-state index in [0.29, 0.717) is 32.0 Å². The second-order valence-corrected chi connectivity index (χ2v) is 9.59. The van der Waals surface area contributed by atoms with Gasteiger partial charge in [-0.05, 0) is 70.0 Å². The Balaban J connectivity index is 1.87. The number of sulfone groups is 1. The topological polar surface area (TPSA) is 63.7 Å². The van der Waals surface area contributed by atoms with Gasteiger partial charge in [0.2, 0.25) is 0 Å². The highest BCUT2D eigenvalue weighted by Crippen LogP contribution is 2.40. The number of hydrogen-bond acceptors (Lipinski definition) is 5. The van der Waals surface area contributed by atoms with E-state index in [1.165, 1.54) is 18.6 Å². The molecule has 0 N–H and O–H groups in total. The Labute approximate surface area is 154 Å². The van der Waals surface area contributed by atoms with Gasteiger partial charge in [0.05, 0.1) is 22.7 Å². The number of ether oxygens (including phenoxy) is 1. The number of halogens is 1. The van der Waals surface area contributed by atoms with Gasteiger partial charge in [-0.1, -0.05) is 6.42 Å². The summed E-state index contributed by atoms with van der Waals surface area (Å²) in [5.41, 5.74) is 0. The van der Waals surface area contributed by atoms with E-state index >= 15 is 0 Å². The Kier molecular flexibility index (Phi) is 5.67. The molecule has 0 spiro atoms. The molecule has 0 bridgehead atoms. The molecule has 26 heavy (non-hydrogen) atoms. The molecule has 1 aliphatic heterocycles. The second-order valence-electron chi connectivity index (χ2n) is 7.24. The van der Waals surface area contributed by atoms with Crippen LogP contribution in [-0.4, -0.2) is 49.8 Å². The fourth-order valence-corrected chi connectivity index (χ4v) is 5.95. The molecule has 2 fully saturated rings. The lowest BCUT2D eigenvalue weighted by Crippen LogP contribution is -2.54. The molecule has 7 heteroatoms. The van der Waals surface area contributed by atoms with Crippen LogP contribution in [0, 0.1) is 5.82 Å². The van der Waals surface area contributed by atoms with Gasteiger partial charge in [-0.15, -0.1) is 0 Å². The number of nitrogens with zero attached hydrogens (tertiary/aromatic N) is 1. The fourth-order valence-electron chi connectivity index (χ4n) is 3.93. The maximum Gasteiger partial charge on any atom is 0.307 e. The molecule has 1 aromatic carbocycles. The van der Waals surface area contributed by atoms with Gasteiger partial charge in [0.15, 0.2) is 9.84 Å². The van der Waals surface area contributed by atoms with Crippen molar-refractivity contribution in [2.24, 2.45) is 0 Å². The molecule has 0 radical (unpaired) electrons. The predicted molar refractivity (Wildman–Crippen MR) is 96.0 cm³/mol. The third-order valence-electron chi connectivity index (χ3n) is 5.77. The van der Waals surface area contributed by atoms with Crippen molar-refractivity contribution in [2.75, 3.05) is 19.7 Å². The van der Waals surface area contributed by atoms with Gasteiger partial charge in [0.25, 0.3) is 0 Å². The van der Waals surface area contributed by atoms with Crippen molar-refractivity contribution in [3.05, 3.63) is 30.1 Å². The van der Waals surface area contributed by atoms with Crippen molar-refractivity contribution in [1.29, 1.82) is 0 Å². The smallest absolute Gasteiger partial charge is 0.307 e. The highest BCUT2D eigenvalue weighted by molar-refractivity contribution is 7.92. The molecule has 0 unspecified atom stereocenters. The van der Waals surface area contributed by atoms with Crippen molar-refractivity contribution < 1.29 is 22.3 Å². The molecular weight excluding hydrogens is 357 g/mol. The second kappa shape index (κ2) is 7.64. The number of esters is 1. The molecule has 0 amide bonds. The lowest BCUT2D eigenvalue weighted by Gasteiger charge is -2.46. The van der Waals surface area contributed by atoms with Crippen molar-refractivity contribution in [3.63, 3.8) is 0 Å². The average Bonchev–Trinajstić information content (AvgIpc) is 2.55. The number of carbonyl (C=O) groups excluding carboxylic acids is 1. The lowest BCUT2D eigenvalue weighted by atomic mass is 9.86. The third kappa shape index (κ3) is 3.64.